The fourth-order valence-electron chi connectivity index (χ4n) is 2.73. The molecule has 0 aromatic rings. The SMILES string of the molecule is CC/C=C\CC1SO[C@@H]1/C=C/[C@@H]1CCCCCCCC(=O)O1. The number of carbonyl (C=O) groups is 1. The Morgan fingerprint density at radius 2 is 1.95 bits per heavy atom. The van der Waals surface area contributed by atoms with E-state index in [2.05, 4.69) is 25.2 Å². The molecule has 0 N–H and O–H groups in total. The van der Waals surface area contributed by atoms with Crippen LogP contribution in [0.3, 0.4) is 0 Å². The molecule has 0 saturated carbocycles. The van der Waals surface area contributed by atoms with Crippen molar-refractivity contribution in [3.05, 3.63) is 24.3 Å². The Morgan fingerprint density at radius 1 is 1.14 bits per heavy atom. The molecule has 0 amide bonds. The Hall–Kier alpha value is -0.740. The molecule has 3 atom stereocenters. The summed E-state index contributed by atoms with van der Waals surface area (Å²) in [6.07, 6.45) is 18.0. The molecular weight excluding hydrogens is 296 g/mol. The first-order chi connectivity index (χ1) is 10.8. The van der Waals surface area contributed by atoms with Gasteiger partial charge in [0.1, 0.15) is 12.2 Å². The number of ether oxygens (including phenoxy) is 1. The van der Waals surface area contributed by atoms with Crippen molar-refractivity contribution >= 4 is 18.0 Å². The van der Waals surface area contributed by atoms with E-state index >= 15 is 0 Å². The van der Waals surface area contributed by atoms with E-state index in [0.717, 1.165) is 38.5 Å². The van der Waals surface area contributed by atoms with Crippen molar-refractivity contribution in [2.24, 2.45) is 0 Å². The van der Waals surface area contributed by atoms with E-state index < -0.39 is 0 Å². The molecule has 2 fully saturated rings. The summed E-state index contributed by atoms with van der Waals surface area (Å²) < 4.78 is 11.1. The molecule has 0 spiro atoms. The van der Waals surface area contributed by atoms with Crippen molar-refractivity contribution < 1.29 is 13.7 Å². The summed E-state index contributed by atoms with van der Waals surface area (Å²) in [6.45, 7) is 2.14. The minimum atomic E-state index is -0.0772. The van der Waals surface area contributed by atoms with E-state index in [1.807, 2.05) is 6.08 Å². The van der Waals surface area contributed by atoms with Gasteiger partial charge in [-0.05, 0) is 50.2 Å². The van der Waals surface area contributed by atoms with Gasteiger partial charge in [-0.25, -0.2) is 0 Å². The van der Waals surface area contributed by atoms with Crippen LogP contribution in [0.4, 0.5) is 0 Å². The second kappa shape index (κ2) is 10.1. The van der Waals surface area contributed by atoms with Gasteiger partial charge in [-0.15, -0.1) is 0 Å². The molecule has 0 bridgehead atoms. The van der Waals surface area contributed by atoms with Crippen LogP contribution in [0.5, 0.6) is 0 Å². The van der Waals surface area contributed by atoms with Crippen molar-refractivity contribution in [1.29, 1.82) is 0 Å². The highest BCUT2D eigenvalue weighted by molar-refractivity contribution is 7.96. The van der Waals surface area contributed by atoms with Gasteiger partial charge in [-0.2, -0.15) is 0 Å². The lowest BCUT2D eigenvalue weighted by atomic mass is 10.0. The average Bonchev–Trinajstić information content (AvgIpc) is 2.49. The van der Waals surface area contributed by atoms with Crippen LogP contribution in [0.1, 0.15) is 64.7 Å². The minimum Gasteiger partial charge on any atom is -0.458 e. The molecule has 2 aliphatic rings. The number of rotatable bonds is 5. The van der Waals surface area contributed by atoms with Crippen molar-refractivity contribution in [2.45, 2.75) is 82.2 Å². The van der Waals surface area contributed by atoms with Gasteiger partial charge >= 0.3 is 5.97 Å². The molecular formula is C18H28O3S. The first-order valence-electron chi connectivity index (χ1n) is 8.64. The lowest BCUT2D eigenvalue weighted by Crippen LogP contribution is -2.32. The molecule has 0 aliphatic carbocycles. The fourth-order valence-corrected chi connectivity index (χ4v) is 3.47. The van der Waals surface area contributed by atoms with Crippen LogP contribution in [0.15, 0.2) is 24.3 Å². The molecule has 22 heavy (non-hydrogen) atoms. The molecule has 2 aliphatic heterocycles. The zero-order chi connectivity index (χ0) is 15.6. The predicted molar refractivity (Wildman–Crippen MR) is 91.6 cm³/mol. The molecule has 0 aromatic carbocycles. The molecule has 2 heterocycles. The number of allylic oxidation sites excluding steroid dienone is 2. The van der Waals surface area contributed by atoms with Gasteiger partial charge in [0, 0.05) is 6.42 Å². The fraction of sp³-hybridized carbons (Fsp3) is 0.722. The van der Waals surface area contributed by atoms with Gasteiger partial charge < -0.3 is 8.92 Å². The maximum Gasteiger partial charge on any atom is 0.306 e. The number of carbonyl (C=O) groups excluding carboxylic acids is 1. The number of hydrogen-bond acceptors (Lipinski definition) is 4. The summed E-state index contributed by atoms with van der Waals surface area (Å²) in [6, 6.07) is 0. The molecule has 1 unspecified atom stereocenters. The van der Waals surface area contributed by atoms with Crippen molar-refractivity contribution in [3.63, 3.8) is 0 Å². The summed E-state index contributed by atoms with van der Waals surface area (Å²) in [5.74, 6) is -0.0529. The van der Waals surface area contributed by atoms with Crippen LogP contribution >= 0.6 is 12.0 Å². The number of cyclic esters (lactones) is 1. The summed E-state index contributed by atoms with van der Waals surface area (Å²) in [4.78, 5) is 11.8. The first kappa shape index (κ1) is 17.6. The minimum absolute atomic E-state index is 0.0529. The largest absolute Gasteiger partial charge is 0.458 e. The maximum atomic E-state index is 11.8. The Bertz CT molecular complexity index is 392. The normalized spacial score (nSPS) is 31.1. The van der Waals surface area contributed by atoms with Gasteiger partial charge in [-0.1, -0.05) is 44.4 Å². The monoisotopic (exact) mass is 324 g/mol. The highest BCUT2D eigenvalue weighted by Gasteiger charge is 2.31. The Kier molecular flexibility index (Phi) is 8.10. The van der Waals surface area contributed by atoms with E-state index in [1.54, 1.807) is 12.0 Å². The first-order valence-corrected chi connectivity index (χ1v) is 9.45. The Morgan fingerprint density at radius 3 is 2.73 bits per heavy atom. The maximum absolute atomic E-state index is 11.8. The standard InChI is InChI=1S/C18H28O3S/c1-2-3-7-11-17-16(21-22-17)14-13-15-10-8-5-4-6-9-12-18(19)20-15/h3,7,13-17H,2,4-6,8-12H2,1H3/b7-3-,14-13+/t15-,16+,17?/m0/s1. The quantitative estimate of drug-likeness (QED) is 0.406. The van der Waals surface area contributed by atoms with Gasteiger partial charge in [0.25, 0.3) is 0 Å². The molecule has 4 heteroatoms. The average molecular weight is 324 g/mol. The molecule has 3 nitrogen and oxygen atoms in total. The van der Waals surface area contributed by atoms with E-state index in [9.17, 15) is 4.79 Å². The smallest absolute Gasteiger partial charge is 0.306 e. The molecule has 2 rings (SSSR count). The van der Waals surface area contributed by atoms with Gasteiger partial charge in [0.05, 0.1) is 5.25 Å². The van der Waals surface area contributed by atoms with Crippen LogP contribution < -0.4 is 0 Å². The van der Waals surface area contributed by atoms with Gasteiger partial charge in [0.15, 0.2) is 0 Å². The van der Waals surface area contributed by atoms with E-state index in [0.29, 0.717) is 11.7 Å². The summed E-state index contributed by atoms with van der Waals surface area (Å²) >= 11 is 1.55. The molecule has 0 aromatic heterocycles. The second-order valence-electron chi connectivity index (χ2n) is 6.03. The zero-order valence-electron chi connectivity index (χ0n) is 13.5. The van der Waals surface area contributed by atoms with Gasteiger partial charge in [0.2, 0.25) is 0 Å². The van der Waals surface area contributed by atoms with E-state index in [-0.39, 0.29) is 18.2 Å². The lowest BCUT2D eigenvalue weighted by molar-refractivity contribution is -0.147. The Labute approximate surface area is 138 Å². The van der Waals surface area contributed by atoms with Crippen molar-refractivity contribution in [3.8, 4) is 0 Å². The van der Waals surface area contributed by atoms with Crippen molar-refractivity contribution in [2.75, 3.05) is 0 Å². The second-order valence-corrected chi connectivity index (χ2v) is 7.02. The lowest BCUT2D eigenvalue weighted by Gasteiger charge is -2.32. The van der Waals surface area contributed by atoms with E-state index in [1.165, 1.54) is 12.8 Å². The predicted octanol–water partition coefficient (Wildman–Crippen LogP) is 4.97. The topological polar surface area (TPSA) is 35.5 Å². The molecule has 2 saturated heterocycles. The summed E-state index contributed by atoms with van der Waals surface area (Å²) in [5.41, 5.74) is 0. The highest BCUT2D eigenvalue weighted by Crippen LogP contribution is 2.36. The summed E-state index contributed by atoms with van der Waals surface area (Å²) in [7, 11) is 0. The van der Waals surface area contributed by atoms with Gasteiger partial charge in [-0.3, -0.25) is 4.79 Å². The van der Waals surface area contributed by atoms with E-state index in [4.69, 9.17) is 8.92 Å². The molecule has 0 radical (unpaired) electrons. The van der Waals surface area contributed by atoms with Crippen LogP contribution in [0, 0.1) is 0 Å². The van der Waals surface area contributed by atoms with Crippen LogP contribution in [-0.4, -0.2) is 23.4 Å². The summed E-state index contributed by atoms with van der Waals surface area (Å²) in [5, 5.41) is 0.495. The number of hydrogen-bond donors (Lipinski definition) is 0. The molecule has 124 valence electrons. The number of esters is 1. The third-order valence-electron chi connectivity index (χ3n) is 4.10. The highest BCUT2D eigenvalue weighted by atomic mass is 32.2. The van der Waals surface area contributed by atoms with Crippen LogP contribution in [0.2, 0.25) is 0 Å². The third-order valence-corrected chi connectivity index (χ3v) is 5.14. The Balaban J connectivity index is 1.80. The zero-order valence-corrected chi connectivity index (χ0v) is 14.4. The van der Waals surface area contributed by atoms with Crippen LogP contribution in [0.25, 0.3) is 0 Å². The van der Waals surface area contributed by atoms with Crippen LogP contribution in [-0.2, 0) is 13.7 Å². The van der Waals surface area contributed by atoms with Crippen molar-refractivity contribution in [1.82, 2.24) is 0 Å². The third kappa shape index (κ3) is 6.17.